The first-order chi connectivity index (χ1) is 13.0. The Bertz CT molecular complexity index is 714. The molecule has 1 aromatic carbocycles. The molecular weight excluding hydrogens is 366 g/mol. The van der Waals surface area contributed by atoms with Crippen LogP contribution in [0.5, 0.6) is 0 Å². The molecule has 0 fully saturated rings. The molecule has 0 spiro atoms. The Balaban J connectivity index is 1.73. The van der Waals surface area contributed by atoms with Crippen molar-refractivity contribution in [3.63, 3.8) is 0 Å². The van der Waals surface area contributed by atoms with Crippen LogP contribution in [0.15, 0.2) is 24.3 Å². The number of ether oxygens (including phenoxy) is 2. The van der Waals surface area contributed by atoms with E-state index in [-0.39, 0.29) is 18.6 Å². The van der Waals surface area contributed by atoms with Crippen molar-refractivity contribution in [2.45, 2.75) is 39.8 Å². The molecule has 7 nitrogen and oxygen atoms in total. The van der Waals surface area contributed by atoms with Gasteiger partial charge >= 0.3 is 6.09 Å². The smallest absolute Gasteiger partial charge is 0.407 e. The molecule has 2 rings (SSSR count). The highest BCUT2D eigenvalue weighted by Gasteiger charge is 2.16. The lowest BCUT2D eigenvalue weighted by Crippen LogP contribution is -2.45. The van der Waals surface area contributed by atoms with E-state index in [1.807, 2.05) is 24.3 Å². The van der Waals surface area contributed by atoms with Gasteiger partial charge in [0, 0.05) is 12.6 Å². The summed E-state index contributed by atoms with van der Waals surface area (Å²) in [5, 5.41) is 6.41. The van der Waals surface area contributed by atoms with Crippen LogP contribution in [0.3, 0.4) is 0 Å². The molecule has 2 N–H and O–H groups in total. The number of nitrogens with one attached hydrogen (secondary N) is 2. The highest BCUT2D eigenvalue weighted by atomic mass is 32.1. The summed E-state index contributed by atoms with van der Waals surface area (Å²) >= 11 is 1.56. The van der Waals surface area contributed by atoms with Gasteiger partial charge in [-0.15, -0.1) is 11.3 Å². The molecule has 2 aromatic rings. The molecule has 1 heterocycles. The maximum absolute atomic E-state index is 12.0. The summed E-state index contributed by atoms with van der Waals surface area (Å²) in [7, 11) is 0. The number of nitrogens with zero attached hydrogens (tertiary/aromatic N) is 1. The van der Waals surface area contributed by atoms with Crippen molar-refractivity contribution >= 4 is 33.6 Å². The fraction of sp³-hybridized carbons (Fsp3) is 0.526. The van der Waals surface area contributed by atoms with Crippen LogP contribution in [0.4, 0.5) is 4.79 Å². The number of alkyl carbamates (subject to hydrolysis) is 1. The zero-order chi connectivity index (χ0) is 19.6. The molecule has 0 bridgehead atoms. The van der Waals surface area contributed by atoms with E-state index in [1.54, 1.807) is 18.3 Å². The van der Waals surface area contributed by atoms with Crippen molar-refractivity contribution in [3.05, 3.63) is 29.3 Å². The Morgan fingerprint density at radius 3 is 2.74 bits per heavy atom. The van der Waals surface area contributed by atoms with Crippen LogP contribution >= 0.6 is 11.3 Å². The summed E-state index contributed by atoms with van der Waals surface area (Å²) in [4.78, 5) is 28.1. The molecule has 0 radical (unpaired) electrons. The first-order valence-corrected chi connectivity index (χ1v) is 9.91. The highest BCUT2D eigenvalue weighted by molar-refractivity contribution is 7.18. The van der Waals surface area contributed by atoms with Gasteiger partial charge in [0.15, 0.2) is 0 Å². The molecule has 1 unspecified atom stereocenters. The van der Waals surface area contributed by atoms with Crippen molar-refractivity contribution in [2.75, 3.05) is 19.8 Å². The van der Waals surface area contributed by atoms with Crippen LogP contribution in [0.1, 0.15) is 32.2 Å². The summed E-state index contributed by atoms with van der Waals surface area (Å²) in [5.74, 6) is 0.152. The number of amides is 2. The van der Waals surface area contributed by atoms with E-state index in [4.69, 9.17) is 9.47 Å². The first-order valence-electron chi connectivity index (χ1n) is 9.10. The topological polar surface area (TPSA) is 89.6 Å². The number of benzene rings is 1. The van der Waals surface area contributed by atoms with Gasteiger partial charge in [0.25, 0.3) is 0 Å². The third-order valence-corrected chi connectivity index (χ3v) is 4.71. The second kappa shape index (κ2) is 10.8. The minimum Gasteiger partial charge on any atom is -0.450 e. The van der Waals surface area contributed by atoms with E-state index >= 15 is 0 Å². The summed E-state index contributed by atoms with van der Waals surface area (Å²) in [6, 6.07) is 7.69. The fourth-order valence-electron chi connectivity index (χ4n) is 2.60. The van der Waals surface area contributed by atoms with Gasteiger partial charge in [0.1, 0.15) is 11.6 Å². The van der Waals surface area contributed by atoms with Crippen molar-refractivity contribution < 1.29 is 19.1 Å². The molecular formula is C19H27N3O4S. The SMILES string of the molecule is CCOC(=O)NC(CNC(=O)COCc1nc2ccccc2s1)CC(C)C. The number of carbonyl (C=O) groups is 2. The van der Waals surface area contributed by atoms with E-state index in [0.29, 0.717) is 25.7 Å². The Kier molecular flexibility index (Phi) is 8.47. The molecule has 1 atom stereocenters. The number of hydrogen-bond acceptors (Lipinski definition) is 6. The lowest BCUT2D eigenvalue weighted by Gasteiger charge is -2.20. The second-order valence-electron chi connectivity index (χ2n) is 6.56. The van der Waals surface area contributed by atoms with Crippen molar-refractivity contribution in [3.8, 4) is 0 Å². The fourth-order valence-corrected chi connectivity index (χ4v) is 3.51. The number of para-hydroxylation sites is 1. The summed E-state index contributed by atoms with van der Waals surface area (Å²) in [5.41, 5.74) is 0.937. The third-order valence-electron chi connectivity index (χ3n) is 3.70. The van der Waals surface area contributed by atoms with Gasteiger partial charge in [-0.3, -0.25) is 4.79 Å². The van der Waals surface area contributed by atoms with Gasteiger partial charge in [-0.05, 0) is 31.4 Å². The van der Waals surface area contributed by atoms with Gasteiger partial charge in [0.05, 0.1) is 23.4 Å². The Labute approximate surface area is 163 Å². The minimum absolute atomic E-state index is 0.0519. The number of aromatic nitrogens is 1. The molecule has 148 valence electrons. The molecule has 8 heteroatoms. The molecule has 27 heavy (non-hydrogen) atoms. The largest absolute Gasteiger partial charge is 0.450 e. The zero-order valence-corrected chi connectivity index (χ0v) is 16.8. The molecule has 1 aromatic heterocycles. The van der Waals surface area contributed by atoms with E-state index in [2.05, 4.69) is 29.5 Å². The monoisotopic (exact) mass is 393 g/mol. The van der Waals surface area contributed by atoms with Crippen molar-refractivity contribution in [1.29, 1.82) is 0 Å². The van der Waals surface area contributed by atoms with Crippen LogP contribution < -0.4 is 10.6 Å². The molecule has 0 aliphatic heterocycles. The number of carbonyl (C=O) groups excluding carboxylic acids is 2. The first kappa shape index (κ1) is 21.1. The average Bonchev–Trinajstić information content (AvgIpc) is 3.02. The van der Waals surface area contributed by atoms with Crippen LogP contribution in [0.25, 0.3) is 10.2 Å². The van der Waals surface area contributed by atoms with Crippen LogP contribution in [-0.2, 0) is 20.9 Å². The van der Waals surface area contributed by atoms with Crippen molar-refractivity contribution in [1.82, 2.24) is 15.6 Å². The van der Waals surface area contributed by atoms with Crippen LogP contribution in [0.2, 0.25) is 0 Å². The normalized spacial score (nSPS) is 12.1. The number of thiazole rings is 1. The summed E-state index contributed by atoms with van der Waals surface area (Å²) in [6.45, 7) is 6.76. The Morgan fingerprint density at radius 2 is 2.04 bits per heavy atom. The van der Waals surface area contributed by atoms with E-state index in [0.717, 1.165) is 21.6 Å². The van der Waals surface area contributed by atoms with E-state index in [1.165, 1.54) is 0 Å². The number of hydrogen-bond donors (Lipinski definition) is 2. The predicted molar refractivity (Wildman–Crippen MR) is 106 cm³/mol. The van der Waals surface area contributed by atoms with Gasteiger partial charge in [-0.2, -0.15) is 0 Å². The standard InChI is InChI=1S/C19H27N3O4S/c1-4-26-19(24)21-14(9-13(2)3)10-20-17(23)11-25-12-18-22-15-7-5-6-8-16(15)27-18/h5-8,13-14H,4,9-12H2,1-3H3,(H,20,23)(H,21,24). The molecule has 0 aliphatic carbocycles. The lowest BCUT2D eigenvalue weighted by atomic mass is 10.0. The Morgan fingerprint density at radius 1 is 1.26 bits per heavy atom. The van der Waals surface area contributed by atoms with Crippen molar-refractivity contribution in [2.24, 2.45) is 5.92 Å². The third kappa shape index (κ3) is 7.52. The van der Waals surface area contributed by atoms with Gasteiger partial charge < -0.3 is 20.1 Å². The van der Waals surface area contributed by atoms with Gasteiger partial charge in [-0.1, -0.05) is 26.0 Å². The summed E-state index contributed by atoms with van der Waals surface area (Å²) in [6.07, 6.45) is 0.274. The van der Waals surface area contributed by atoms with Gasteiger partial charge in [0.2, 0.25) is 5.91 Å². The minimum atomic E-state index is -0.468. The maximum Gasteiger partial charge on any atom is 0.407 e. The highest BCUT2D eigenvalue weighted by Crippen LogP contribution is 2.21. The predicted octanol–water partition coefficient (Wildman–Crippen LogP) is 3.09. The zero-order valence-electron chi connectivity index (χ0n) is 16.0. The lowest BCUT2D eigenvalue weighted by molar-refractivity contribution is -0.126. The van der Waals surface area contributed by atoms with Gasteiger partial charge in [-0.25, -0.2) is 9.78 Å². The Hall–Kier alpha value is -2.19. The van der Waals surface area contributed by atoms with Crippen LogP contribution in [-0.4, -0.2) is 42.8 Å². The number of fused-ring (bicyclic) bond motifs is 1. The molecule has 2 amide bonds. The van der Waals surface area contributed by atoms with E-state index < -0.39 is 6.09 Å². The molecule has 0 aliphatic rings. The quantitative estimate of drug-likeness (QED) is 0.647. The second-order valence-corrected chi connectivity index (χ2v) is 7.68. The maximum atomic E-state index is 12.0. The van der Waals surface area contributed by atoms with E-state index in [9.17, 15) is 9.59 Å². The van der Waals surface area contributed by atoms with Crippen LogP contribution in [0, 0.1) is 5.92 Å². The average molecular weight is 394 g/mol. The summed E-state index contributed by atoms with van der Waals surface area (Å²) < 4.78 is 11.5. The molecule has 0 saturated heterocycles. The molecule has 0 saturated carbocycles. The number of rotatable bonds is 10.